The number of hydrogen-bond donors (Lipinski definition) is 2. The molecule has 0 amide bonds. The summed E-state index contributed by atoms with van der Waals surface area (Å²) < 4.78 is 27.0. The highest BCUT2D eigenvalue weighted by atomic mass is 19.1. The molecule has 0 fully saturated rings. The minimum absolute atomic E-state index is 0.0605. The van der Waals surface area contributed by atoms with Crippen LogP contribution in [0.2, 0.25) is 0 Å². The Labute approximate surface area is 97.7 Å². The van der Waals surface area contributed by atoms with E-state index in [2.05, 4.69) is 9.97 Å². The maximum atomic E-state index is 13.8. The molecule has 0 radical (unpaired) electrons. The number of rotatable bonds is 2. The van der Waals surface area contributed by atoms with Crippen molar-refractivity contribution in [2.75, 3.05) is 5.73 Å². The smallest absolute Gasteiger partial charge is 0.157 e. The van der Waals surface area contributed by atoms with Crippen LogP contribution in [0.5, 0.6) is 0 Å². The molecule has 1 aromatic heterocycles. The second kappa shape index (κ2) is 4.16. The van der Waals surface area contributed by atoms with Crippen molar-refractivity contribution in [3.63, 3.8) is 0 Å². The standard InChI is InChI=1S/C12H13F2N3/c1-3-10-6(2)16-12(17-10)8-4-7(13)5-9(15)11(8)14/h4-5H,3,15H2,1-2H3,(H,16,17). The first kappa shape index (κ1) is 11.6. The van der Waals surface area contributed by atoms with Crippen LogP contribution in [0.3, 0.4) is 0 Å². The number of benzene rings is 1. The van der Waals surface area contributed by atoms with Crippen LogP contribution in [0.15, 0.2) is 12.1 Å². The molecule has 2 aromatic rings. The second-order valence-corrected chi connectivity index (χ2v) is 3.87. The molecule has 90 valence electrons. The second-order valence-electron chi connectivity index (χ2n) is 3.87. The molecular weight excluding hydrogens is 224 g/mol. The van der Waals surface area contributed by atoms with E-state index in [-0.39, 0.29) is 11.3 Å². The molecule has 1 aromatic carbocycles. The fourth-order valence-electron chi connectivity index (χ4n) is 1.75. The van der Waals surface area contributed by atoms with E-state index in [1.54, 1.807) is 0 Å². The van der Waals surface area contributed by atoms with Gasteiger partial charge in [-0.15, -0.1) is 0 Å². The van der Waals surface area contributed by atoms with Crippen LogP contribution in [-0.4, -0.2) is 9.97 Å². The number of nitrogens with zero attached hydrogens (tertiary/aromatic N) is 1. The van der Waals surface area contributed by atoms with Crippen LogP contribution in [0.1, 0.15) is 18.3 Å². The lowest BCUT2D eigenvalue weighted by Crippen LogP contribution is -1.96. The zero-order valence-corrected chi connectivity index (χ0v) is 9.64. The van der Waals surface area contributed by atoms with E-state index >= 15 is 0 Å². The van der Waals surface area contributed by atoms with Gasteiger partial charge in [0.15, 0.2) is 5.82 Å². The summed E-state index contributed by atoms with van der Waals surface area (Å²) in [4.78, 5) is 7.16. The summed E-state index contributed by atoms with van der Waals surface area (Å²) in [7, 11) is 0. The number of hydrogen-bond acceptors (Lipinski definition) is 2. The van der Waals surface area contributed by atoms with Crippen LogP contribution in [0.25, 0.3) is 11.4 Å². The normalized spacial score (nSPS) is 10.8. The fraction of sp³-hybridized carbons (Fsp3) is 0.250. The Morgan fingerprint density at radius 2 is 2.06 bits per heavy atom. The molecule has 0 aliphatic rings. The van der Waals surface area contributed by atoms with Crippen molar-refractivity contribution in [1.29, 1.82) is 0 Å². The molecule has 0 unspecified atom stereocenters. The number of halogens is 2. The van der Waals surface area contributed by atoms with Gasteiger partial charge >= 0.3 is 0 Å². The summed E-state index contributed by atoms with van der Waals surface area (Å²) in [6.45, 7) is 3.79. The lowest BCUT2D eigenvalue weighted by Gasteiger charge is -2.03. The highest BCUT2D eigenvalue weighted by Crippen LogP contribution is 2.26. The Morgan fingerprint density at radius 3 is 2.65 bits per heavy atom. The van der Waals surface area contributed by atoms with Gasteiger partial charge in [-0.3, -0.25) is 0 Å². The zero-order chi connectivity index (χ0) is 12.6. The first-order chi connectivity index (χ1) is 8.02. The number of anilines is 1. The minimum Gasteiger partial charge on any atom is -0.396 e. The monoisotopic (exact) mass is 237 g/mol. The molecule has 0 spiro atoms. The maximum Gasteiger partial charge on any atom is 0.157 e. The molecule has 0 atom stereocenters. The van der Waals surface area contributed by atoms with Gasteiger partial charge < -0.3 is 10.7 Å². The van der Waals surface area contributed by atoms with Crippen molar-refractivity contribution in [3.05, 3.63) is 35.2 Å². The number of aromatic nitrogens is 2. The first-order valence-corrected chi connectivity index (χ1v) is 5.33. The van der Waals surface area contributed by atoms with E-state index in [1.165, 1.54) is 0 Å². The number of aromatic amines is 1. The largest absolute Gasteiger partial charge is 0.396 e. The number of nitrogen functional groups attached to an aromatic ring is 1. The summed E-state index contributed by atoms with van der Waals surface area (Å²) >= 11 is 0. The van der Waals surface area contributed by atoms with Crippen LogP contribution in [-0.2, 0) is 6.42 Å². The van der Waals surface area contributed by atoms with E-state index in [4.69, 9.17) is 5.73 Å². The number of imidazole rings is 1. The maximum absolute atomic E-state index is 13.8. The molecule has 0 aliphatic carbocycles. The highest BCUT2D eigenvalue weighted by molar-refractivity contribution is 5.63. The Hall–Kier alpha value is -1.91. The van der Waals surface area contributed by atoms with Gasteiger partial charge in [0, 0.05) is 5.69 Å². The van der Waals surface area contributed by atoms with Crippen molar-refractivity contribution in [2.45, 2.75) is 20.3 Å². The number of nitrogens with two attached hydrogens (primary N) is 1. The van der Waals surface area contributed by atoms with Gasteiger partial charge in [-0.1, -0.05) is 6.92 Å². The third-order valence-corrected chi connectivity index (χ3v) is 2.64. The Bertz CT molecular complexity index is 561. The zero-order valence-electron chi connectivity index (χ0n) is 9.64. The number of H-pyrrole nitrogens is 1. The van der Waals surface area contributed by atoms with Gasteiger partial charge in [-0.05, 0) is 25.5 Å². The summed E-state index contributed by atoms with van der Waals surface area (Å²) in [6.07, 6.45) is 0.731. The summed E-state index contributed by atoms with van der Waals surface area (Å²) in [6, 6.07) is 2.04. The van der Waals surface area contributed by atoms with Crippen LogP contribution in [0.4, 0.5) is 14.5 Å². The van der Waals surface area contributed by atoms with Gasteiger partial charge in [0.25, 0.3) is 0 Å². The van der Waals surface area contributed by atoms with E-state index in [0.717, 1.165) is 29.9 Å². The number of aryl methyl sites for hydroxylation is 2. The molecular formula is C12H13F2N3. The lowest BCUT2D eigenvalue weighted by atomic mass is 10.1. The van der Waals surface area contributed by atoms with Gasteiger partial charge in [0.1, 0.15) is 11.6 Å². The third kappa shape index (κ3) is 2.00. The predicted molar refractivity (Wildman–Crippen MR) is 62.5 cm³/mol. The molecule has 2 rings (SSSR count). The van der Waals surface area contributed by atoms with E-state index in [0.29, 0.717) is 5.82 Å². The lowest BCUT2D eigenvalue weighted by molar-refractivity contribution is 0.606. The van der Waals surface area contributed by atoms with Crippen molar-refractivity contribution >= 4 is 5.69 Å². The van der Waals surface area contributed by atoms with E-state index in [9.17, 15) is 8.78 Å². The fourth-order valence-corrected chi connectivity index (χ4v) is 1.75. The summed E-state index contributed by atoms with van der Waals surface area (Å²) in [5.74, 6) is -0.920. The SMILES string of the molecule is CCc1nc(-c2cc(F)cc(N)c2F)[nH]c1C. The van der Waals surface area contributed by atoms with Crippen molar-refractivity contribution in [3.8, 4) is 11.4 Å². The van der Waals surface area contributed by atoms with Crippen LogP contribution < -0.4 is 5.73 Å². The molecule has 0 saturated heterocycles. The Balaban J connectivity index is 2.59. The van der Waals surface area contributed by atoms with Crippen LogP contribution >= 0.6 is 0 Å². The van der Waals surface area contributed by atoms with Gasteiger partial charge in [-0.25, -0.2) is 13.8 Å². The quantitative estimate of drug-likeness (QED) is 0.789. The molecule has 17 heavy (non-hydrogen) atoms. The predicted octanol–water partition coefficient (Wildman–Crippen LogP) is 2.81. The third-order valence-electron chi connectivity index (χ3n) is 2.64. The molecule has 0 aliphatic heterocycles. The van der Waals surface area contributed by atoms with Gasteiger partial charge in [-0.2, -0.15) is 0 Å². The first-order valence-electron chi connectivity index (χ1n) is 5.33. The molecule has 3 nitrogen and oxygen atoms in total. The molecule has 3 N–H and O–H groups in total. The topological polar surface area (TPSA) is 54.7 Å². The van der Waals surface area contributed by atoms with E-state index in [1.807, 2.05) is 13.8 Å². The van der Waals surface area contributed by atoms with Crippen molar-refractivity contribution < 1.29 is 8.78 Å². The van der Waals surface area contributed by atoms with Gasteiger partial charge in [0.05, 0.1) is 16.9 Å². The highest BCUT2D eigenvalue weighted by Gasteiger charge is 2.15. The Morgan fingerprint density at radius 1 is 1.35 bits per heavy atom. The molecule has 1 heterocycles. The summed E-state index contributed by atoms with van der Waals surface area (Å²) in [5, 5.41) is 0. The number of nitrogens with one attached hydrogen (secondary N) is 1. The molecule has 0 bridgehead atoms. The average molecular weight is 237 g/mol. The average Bonchev–Trinajstić information content (AvgIpc) is 2.64. The van der Waals surface area contributed by atoms with Gasteiger partial charge in [0.2, 0.25) is 0 Å². The molecule has 5 heteroatoms. The van der Waals surface area contributed by atoms with Crippen molar-refractivity contribution in [1.82, 2.24) is 9.97 Å². The van der Waals surface area contributed by atoms with E-state index < -0.39 is 11.6 Å². The molecule has 0 saturated carbocycles. The van der Waals surface area contributed by atoms with Crippen molar-refractivity contribution in [2.24, 2.45) is 0 Å². The summed E-state index contributed by atoms with van der Waals surface area (Å²) in [5.41, 5.74) is 6.91. The van der Waals surface area contributed by atoms with Crippen LogP contribution in [0, 0.1) is 18.6 Å². The Kier molecular flexibility index (Phi) is 2.83. The minimum atomic E-state index is -0.650.